The van der Waals surface area contributed by atoms with Crippen LogP contribution in [0, 0.1) is 11.6 Å². The number of benzene rings is 1. The number of hydrogen-bond donors (Lipinski definition) is 0. The van der Waals surface area contributed by atoms with Crippen LogP contribution in [0.15, 0.2) is 23.3 Å². The first kappa shape index (κ1) is 13.1. The molecule has 4 nitrogen and oxygen atoms in total. The first-order chi connectivity index (χ1) is 8.04. The number of nitrogens with zero attached hydrogens (tertiary/aromatic N) is 3. The summed E-state index contributed by atoms with van der Waals surface area (Å²) in [5.74, 6) is -1.55. The highest BCUT2D eigenvalue weighted by Gasteiger charge is 2.15. The van der Waals surface area contributed by atoms with E-state index in [4.69, 9.17) is 5.53 Å². The average molecular weight is 239 g/mol. The molecular formula is C11H11F2N3O. The summed E-state index contributed by atoms with van der Waals surface area (Å²) in [6.45, 7) is 1.40. The van der Waals surface area contributed by atoms with Crippen molar-refractivity contribution in [1.29, 1.82) is 0 Å². The molecule has 0 saturated carbocycles. The number of ketones is 1. The number of rotatable bonds is 5. The van der Waals surface area contributed by atoms with Crippen molar-refractivity contribution in [2.45, 2.75) is 25.8 Å². The molecule has 17 heavy (non-hydrogen) atoms. The summed E-state index contributed by atoms with van der Waals surface area (Å²) in [4.78, 5) is 13.4. The monoisotopic (exact) mass is 239 g/mol. The van der Waals surface area contributed by atoms with E-state index in [0.717, 1.165) is 12.1 Å². The number of halogens is 2. The molecule has 0 saturated heterocycles. The van der Waals surface area contributed by atoms with Gasteiger partial charge in [-0.05, 0) is 30.5 Å². The fourth-order valence-corrected chi connectivity index (χ4v) is 1.45. The fourth-order valence-electron chi connectivity index (χ4n) is 1.45. The van der Waals surface area contributed by atoms with Gasteiger partial charge in [-0.3, -0.25) is 0 Å². The Morgan fingerprint density at radius 1 is 1.53 bits per heavy atom. The number of hydrogen-bond acceptors (Lipinski definition) is 2. The predicted octanol–water partition coefficient (Wildman–Crippen LogP) is 3.69. The normalized spacial score (nSPS) is 11.7. The zero-order valence-electron chi connectivity index (χ0n) is 9.23. The molecule has 0 aliphatic heterocycles. The lowest BCUT2D eigenvalue weighted by molar-refractivity contribution is -0.117. The second-order valence-electron chi connectivity index (χ2n) is 3.63. The van der Waals surface area contributed by atoms with Crippen LogP contribution in [0.25, 0.3) is 10.4 Å². The van der Waals surface area contributed by atoms with Gasteiger partial charge >= 0.3 is 0 Å². The minimum absolute atomic E-state index is 0.0781. The summed E-state index contributed by atoms with van der Waals surface area (Å²) in [6.07, 6.45) is 0.391. The van der Waals surface area contributed by atoms with Crippen molar-refractivity contribution in [3.05, 3.63) is 45.8 Å². The van der Waals surface area contributed by atoms with Gasteiger partial charge in [0, 0.05) is 17.4 Å². The van der Waals surface area contributed by atoms with Gasteiger partial charge in [-0.2, -0.15) is 0 Å². The highest BCUT2D eigenvalue weighted by atomic mass is 19.1. The van der Waals surface area contributed by atoms with E-state index in [-0.39, 0.29) is 24.2 Å². The number of carbonyl (C=O) groups is 1. The maximum Gasteiger partial charge on any atom is 0.129 e. The zero-order valence-corrected chi connectivity index (χ0v) is 9.23. The largest absolute Gasteiger partial charge is 0.300 e. The predicted molar refractivity (Wildman–Crippen MR) is 58.2 cm³/mol. The minimum Gasteiger partial charge on any atom is -0.300 e. The van der Waals surface area contributed by atoms with Crippen molar-refractivity contribution in [1.82, 2.24) is 0 Å². The maximum atomic E-state index is 13.4. The summed E-state index contributed by atoms with van der Waals surface area (Å²) >= 11 is 0. The molecule has 90 valence electrons. The molecule has 6 heteroatoms. The van der Waals surface area contributed by atoms with E-state index in [1.165, 1.54) is 13.0 Å². The second kappa shape index (κ2) is 5.96. The van der Waals surface area contributed by atoms with Crippen molar-refractivity contribution in [3.63, 3.8) is 0 Å². The van der Waals surface area contributed by atoms with Gasteiger partial charge in [-0.25, -0.2) is 8.78 Å². The average Bonchev–Trinajstić information content (AvgIpc) is 2.24. The standard InChI is InChI=1S/C11H11F2N3O/c1-7(17)2-5-11(15-16-14)9-4-3-8(12)6-10(9)13/h3-4,6,11H,2,5H2,1H3. The smallest absolute Gasteiger partial charge is 0.129 e. The third-order valence-electron chi connectivity index (χ3n) is 2.28. The third kappa shape index (κ3) is 3.85. The number of carbonyl (C=O) groups excluding carboxylic acids is 1. The van der Waals surface area contributed by atoms with Gasteiger partial charge in [0.25, 0.3) is 0 Å². The molecule has 1 unspecified atom stereocenters. The van der Waals surface area contributed by atoms with E-state index in [0.29, 0.717) is 0 Å². The van der Waals surface area contributed by atoms with Crippen LogP contribution < -0.4 is 0 Å². The SMILES string of the molecule is CC(=O)CCC(N=[N+]=[N-])c1ccc(F)cc1F. The quantitative estimate of drug-likeness (QED) is 0.439. The summed E-state index contributed by atoms with van der Waals surface area (Å²) in [5, 5.41) is 3.42. The Kier molecular flexibility index (Phi) is 4.60. The van der Waals surface area contributed by atoms with Gasteiger partial charge in [-0.1, -0.05) is 11.2 Å². The molecular weight excluding hydrogens is 228 g/mol. The Morgan fingerprint density at radius 2 is 2.24 bits per heavy atom. The molecule has 0 spiro atoms. The van der Waals surface area contributed by atoms with Crippen LogP contribution in [0.1, 0.15) is 31.4 Å². The molecule has 1 aromatic carbocycles. The van der Waals surface area contributed by atoms with Crippen LogP contribution in [0.4, 0.5) is 8.78 Å². The minimum atomic E-state index is -0.788. The Labute approximate surface area is 96.9 Å². The highest BCUT2D eigenvalue weighted by Crippen LogP contribution is 2.26. The summed E-state index contributed by atoms with van der Waals surface area (Å²) in [6, 6.07) is 2.25. The van der Waals surface area contributed by atoms with Crippen molar-refractivity contribution < 1.29 is 13.6 Å². The molecule has 0 N–H and O–H groups in total. The molecule has 0 aliphatic rings. The van der Waals surface area contributed by atoms with Gasteiger partial charge in [0.2, 0.25) is 0 Å². The van der Waals surface area contributed by atoms with Gasteiger partial charge in [0.05, 0.1) is 6.04 Å². The lowest BCUT2D eigenvalue weighted by Gasteiger charge is -2.11. The van der Waals surface area contributed by atoms with Crippen molar-refractivity contribution in [2.24, 2.45) is 5.11 Å². The van der Waals surface area contributed by atoms with E-state index in [2.05, 4.69) is 10.0 Å². The van der Waals surface area contributed by atoms with E-state index >= 15 is 0 Å². The lowest BCUT2D eigenvalue weighted by Crippen LogP contribution is -2.02. The van der Waals surface area contributed by atoms with E-state index in [1.807, 2.05) is 0 Å². The summed E-state index contributed by atoms with van der Waals surface area (Å²) < 4.78 is 26.2. The van der Waals surface area contributed by atoms with Crippen LogP contribution in [0.3, 0.4) is 0 Å². The van der Waals surface area contributed by atoms with Crippen molar-refractivity contribution >= 4 is 5.78 Å². The lowest BCUT2D eigenvalue weighted by atomic mass is 10.0. The van der Waals surface area contributed by atoms with E-state index < -0.39 is 17.7 Å². The fraction of sp³-hybridized carbons (Fsp3) is 0.364. The Balaban J connectivity index is 2.96. The topological polar surface area (TPSA) is 65.8 Å². The molecule has 0 bridgehead atoms. The molecule has 1 atom stereocenters. The van der Waals surface area contributed by atoms with Gasteiger partial charge in [0.1, 0.15) is 17.4 Å². The summed E-state index contributed by atoms with van der Waals surface area (Å²) in [7, 11) is 0. The van der Waals surface area contributed by atoms with Crippen LogP contribution in [-0.4, -0.2) is 5.78 Å². The molecule has 1 aromatic rings. The number of azide groups is 1. The van der Waals surface area contributed by atoms with Crippen LogP contribution in [-0.2, 0) is 4.79 Å². The maximum absolute atomic E-state index is 13.4. The van der Waals surface area contributed by atoms with Gasteiger partial charge < -0.3 is 4.79 Å². The highest BCUT2D eigenvalue weighted by molar-refractivity contribution is 5.75. The third-order valence-corrected chi connectivity index (χ3v) is 2.28. The van der Waals surface area contributed by atoms with Crippen LogP contribution >= 0.6 is 0 Å². The first-order valence-corrected chi connectivity index (χ1v) is 5.03. The van der Waals surface area contributed by atoms with Crippen molar-refractivity contribution in [3.8, 4) is 0 Å². The molecule has 0 fully saturated rings. The molecule has 0 heterocycles. The molecule has 0 aliphatic carbocycles. The van der Waals surface area contributed by atoms with E-state index in [1.54, 1.807) is 0 Å². The molecule has 0 aromatic heterocycles. The Bertz CT molecular complexity index is 470. The number of Topliss-reactive ketones (excluding diaryl/α,β-unsaturated/α-hetero) is 1. The molecule has 0 radical (unpaired) electrons. The zero-order chi connectivity index (χ0) is 12.8. The van der Waals surface area contributed by atoms with Crippen LogP contribution in [0.2, 0.25) is 0 Å². The van der Waals surface area contributed by atoms with Gasteiger partial charge in [-0.15, -0.1) is 0 Å². The van der Waals surface area contributed by atoms with Crippen molar-refractivity contribution in [2.75, 3.05) is 0 Å². The molecule has 1 rings (SSSR count). The Hall–Kier alpha value is -1.94. The second-order valence-corrected chi connectivity index (χ2v) is 3.63. The Morgan fingerprint density at radius 3 is 2.76 bits per heavy atom. The summed E-state index contributed by atoms with van der Waals surface area (Å²) in [5.41, 5.74) is 8.49. The first-order valence-electron chi connectivity index (χ1n) is 5.03. The van der Waals surface area contributed by atoms with E-state index in [9.17, 15) is 13.6 Å². The van der Waals surface area contributed by atoms with Crippen LogP contribution in [0.5, 0.6) is 0 Å². The van der Waals surface area contributed by atoms with Gasteiger partial charge in [0.15, 0.2) is 0 Å². The molecule has 0 amide bonds.